The highest BCUT2D eigenvalue weighted by atomic mass is 19.1. The van der Waals surface area contributed by atoms with Gasteiger partial charge >= 0.3 is 12.1 Å². The summed E-state index contributed by atoms with van der Waals surface area (Å²) in [4.78, 5) is 32.0. The molecule has 0 unspecified atom stereocenters. The molecule has 0 aromatic heterocycles. The monoisotopic (exact) mass is 600 g/mol. The van der Waals surface area contributed by atoms with Crippen molar-refractivity contribution in [3.63, 3.8) is 0 Å². The number of esters is 1. The van der Waals surface area contributed by atoms with E-state index in [1.807, 2.05) is 59.2 Å². The van der Waals surface area contributed by atoms with E-state index in [9.17, 15) is 19.1 Å². The Morgan fingerprint density at radius 2 is 1.84 bits per heavy atom. The molecule has 0 radical (unpaired) electrons. The molecule has 2 N–H and O–H groups in total. The van der Waals surface area contributed by atoms with Crippen LogP contribution in [0.5, 0.6) is 0 Å². The number of halogens is 1. The molecule has 9 nitrogen and oxygen atoms in total. The van der Waals surface area contributed by atoms with Crippen molar-refractivity contribution in [2.75, 3.05) is 58.3 Å². The van der Waals surface area contributed by atoms with Gasteiger partial charge in [0.15, 0.2) is 0 Å². The van der Waals surface area contributed by atoms with Gasteiger partial charge in [-0.1, -0.05) is 26.0 Å². The van der Waals surface area contributed by atoms with Crippen LogP contribution in [0.25, 0.3) is 6.08 Å². The maximum atomic E-state index is 14.7. The second kappa shape index (κ2) is 15.2. The SMILES string of the molecule is CN[C@H]1CCN(c2cc(F)cc(/C=C(\C)[C@H]3OC(=O)C[C@@H](O)CC[C@@H](C)[C@@H](OC(=O)N4CCN(C)CC4)/C=C/[C@@H]3C)c2)C1. The Balaban J connectivity index is 1.55. The van der Waals surface area contributed by atoms with Crippen molar-refractivity contribution in [3.8, 4) is 0 Å². The molecule has 2 fully saturated rings. The number of hydrogen-bond donors (Lipinski definition) is 2. The number of benzene rings is 1. The summed E-state index contributed by atoms with van der Waals surface area (Å²) >= 11 is 0. The zero-order valence-corrected chi connectivity index (χ0v) is 26.3. The van der Waals surface area contributed by atoms with Crippen molar-refractivity contribution >= 4 is 23.8 Å². The highest BCUT2D eigenvalue weighted by molar-refractivity contribution is 5.71. The summed E-state index contributed by atoms with van der Waals surface area (Å²) in [5.41, 5.74) is 2.26. The van der Waals surface area contributed by atoms with E-state index in [0.29, 0.717) is 37.5 Å². The second-order valence-electron chi connectivity index (χ2n) is 12.6. The summed E-state index contributed by atoms with van der Waals surface area (Å²) < 4.78 is 26.7. The quantitative estimate of drug-likeness (QED) is 0.386. The van der Waals surface area contributed by atoms with E-state index in [1.54, 1.807) is 11.0 Å². The van der Waals surface area contributed by atoms with Crippen molar-refractivity contribution < 1.29 is 28.6 Å². The minimum Gasteiger partial charge on any atom is -0.457 e. The van der Waals surface area contributed by atoms with Crippen molar-refractivity contribution in [1.29, 1.82) is 0 Å². The van der Waals surface area contributed by atoms with Gasteiger partial charge in [-0.2, -0.15) is 0 Å². The minimum absolute atomic E-state index is 0.0566. The molecule has 0 bridgehead atoms. The number of ether oxygens (including phenoxy) is 2. The molecule has 3 aliphatic rings. The van der Waals surface area contributed by atoms with Crippen LogP contribution in [-0.4, -0.2) is 105 Å². The molecule has 3 heterocycles. The minimum atomic E-state index is -0.861. The molecule has 3 aliphatic heterocycles. The van der Waals surface area contributed by atoms with Crippen LogP contribution in [0.4, 0.5) is 14.9 Å². The Morgan fingerprint density at radius 1 is 1.09 bits per heavy atom. The molecule has 1 aromatic carbocycles. The number of nitrogens with one attached hydrogen (secondary N) is 1. The van der Waals surface area contributed by atoms with Crippen molar-refractivity contribution in [3.05, 3.63) is 47.3 Å². The Bertz CT molecular complexity index is 1170. The van der Waals surface area contributed by atoms with Crippen LogP contribution in [0.3, 0.4) is 0 Å². The fourth-order valence-corrected chi connectivity index (χ4v) is 6.07. The van der Waals surface area contributed by atoms with E-state index in [0.717, 1.165) is 43.9 Å². The summed E-state index contributed by atoms with van der Waals surface area (Å²) in [5, 5.41) is 13.9. The zero-order chi connectivity index (χ0) is 31.1. The smallest absolute Gasteiger partial charge is 0.410 e. The first kappa shape index (κ1) is 33.0. The van der Waals surface area contributed by atoms with Gasteiger partial charge in [0.25, 0.3) is 0 Å². The Labute approximate surface area is 255 Å². The zero-order valence-electron chi connectivity index (χ0n) is 26.3. The molecule has 6 atom stereocenters. The summed E-state index contributed by atoms with van der Waals surface area (Å²) in [7, 11) is 3.98. The van der Waals surface area contributed by atoms with E-state index < -0.39 is 24.3 Å². The van der Waals surface area contributed by atoms with E-state index in [4.69, 9.17) is 9.47 Å². The van der Waals surface area contributed by atoms with Crippen LogP contribution in [0.15, 0.2) is 35.9 Å². The lowest BCUT2D eigenvalue weighted by molar-refractivity contribution is -0.151. The third-order valence-electron chi connectivity index (χ3n) is 8.97. The lowest BCUT2D eigenvalue weighted by Crippen LogP contribution is -2.48. The number of anilines is 1. The van der Waals surface area contributed by atoms with Crippen molar-refractivity contribution in [2.24, 2.45) is 11.8 Å². The van der Waals surface area contributed by atoms with E-state index in [-0.39, 0.29) is 30.2 Å². The average molecular weight is 601 g/mol. The topological polar surface area (TPSA) is 94.6 Å². The van der Waals surface area contributed by atoms with E-state index >= 15 is 0 Å². The number of amides is 1. The van der Waals surface area contributed by atoms with Gasteiger partial charge in [0.1, 0.15) is 18.0 Å². The molecule has 2 saturated heterocycles. The molecular weight excluding hydrogens is 551 g/mol. The summed E-state index contributed by atoms with van der Waals surface area (Å²) in [6, 6.07) is 5.37. The number of aliphatic hydroxyl groups excluding tert-OH is 1. The third kappa shape index (κ3) is 9.27. The highest BCUT2D eigenvalue weighted by Crippen LogP contribution is 2.28. The number of rotatable bonds is 5. The Morgan fingerprint density at radius 3 is 2.53 bits per heavy atom. The fourth-order valence-electron chi connectivity index (χ4n) is 6.07. The molecule has 238 valence electrons. The van der Waals surface area contributed by atoms with Crippen LogP contribution in [0.2, 0.25) is 0 Å². The van der Waals surface area contributed by atoms with Crippen molar-refractivity contribution in [1.82, 2.24) is 15.1 Å². The number of cyclic esters (lactones) is 1. The predicted molar refractivity (Wildman–Crippen MR) is 166 cm³/mol. The van der Waals surface area contributed by atoms with Gasteiger partial charge in [-0.05, 0) is 81.6 Å². The van der Waals surface area contributed by atoms with Crippen LogP contribution in [0, 0.1) is 17.7 Å². The van der Waals surface area contributed by atoms with Gasteiger partial charge < -0.3 is 34.6 Å². The number of aliphatic hydroxyl groups is 1. The lowest BCUT2D eigenvalue weighted by Gasteiger charge is -2.33. The number of likely N-dealkylation sites (N-methyl/N-ethyl adjacent to an activating group) is 2. The molecule has 0 spiro atoms. The van der Waals surface area contributed by atoms with Gasteiger partial charge in [-0.3, -0.25) is 4.79 Å². The standard InChI is InChI=1S/C33H49FN4O5/c1-22-6-8-29(39)20-31(40)43-32(23(2)7-9-30(22)42-33(41)37-14-12-36(5)13-15-37)24(3)16-25-17-26(34)19-28(18-25)38-11-10-27(21-38)35-4/h7,9,16-19,22-23,27,29-30,32,35,39H,6,8,10-15,20-21H2,1-5H3/b9-7+,24-16+/t22-,23+,27+,29+,30+,32+/m1/s1. The van der Waals surface area contributed by atoms with Gasteiger partial charge in [0, 0.05) is 56.9 Å². The first-order chi connectivity index (χ1) is 20.5. The average Bonchev–Trinajstić information content (AvgIpc) is 3.45. The van der Waals surface area contributed by atoms with Gasteiger partial charge in [-0.25, -0.2) is 9.18 Å². The number of piperazine rings is 1. The molecule has 10 heteroatoms. The van der Waals surface area contributed by atoms with Crippen LogP contribution < -0.4 is 10.2 Å². The summed E-state index contributed by atoms with van der Waals surface area (Å²) in [5.74, 6) is -1.13. The number of nitrogens with zero attached hydrogens (tertiary/aromatic N) is 3. The van der Waals surface area contributed by atoms with Crippen LogP contribution in [0.1, 0.15) is 52.0 Å². The maximum Gasteiger partial charge on any atom is 0.410 e. The Hall–Kier alpha value is -2.95. The van der Waals surface area contributed by atoms with Crippen LogP contribution in [-0.2, 0) is 14.3 Å². The molecular formula is C33H49FN4O5. The number of hydrogen-bond acceptors (Lipinski definition) is 8. The highest BCUT2D eigenvalue weighted by Gasteiger charge is 2.29. The maximum absolute atomic E-state index is 14.7. The van der Waals surface area contributed by atoms with Crippen LogP contribution >= 0.6 is 0 Å². The molecule has 1 amide bonds. The fraction of sp³-hybridized carbons (Fsp3) is 0.636. The van der Waals surface area contributed by atoms with Gasteiger partial charge in [0.2, 0.25) is 0 Å². The molecule has 1 aromatic rings. The first-order valence-corrected chi connectivity index (χ1v) is 15.6. The second-order valence-corrected chi connectivity index (χ2v) is 12.6. The Kier molecular flexibility index (Phi) is 11.6. The van der Waals surface area contributed by atoms with Gasteiger partial charge in [0.05, 0.1) is 12.5 Å². The van der Waals surface area contributed by atoms with Crippen molar-refractivity contribution in [2.45, 2.75) is 70.8 Å². The largest absolute Gasteiger partial charge is 0.457 e. The molecule has 43 heavy (non-hydrogen) atoms. The van der Waals surface area contributed by atoms with E-state index in [1.165, 1.54) is 6.07 Å². The van der Waals surface area contributed by atoms with E-state index in [2.05, 4.69) is 15.1 Å². The number of carbonyl (C=O) groups is 2. The van der Waals surface area contributed by atoms with Gasteiger partial charge in [-0.15, -0.1) is 0 Å². The predicted octanol–water partition coefficient (Wildman–Crippen LogP) is 4.06. The molecule has 4 rings (SSSR count). The summed E-state index contributed by atoms with van der Waals surface area (Å²) in [6.45, 7) is 10.3. The molecule has 0 saturated carbocycles. The number of carbonyl (C=O) groups excluding carboxylic acids is 2. The normalized spacial score (nSPS) is 30.8. The molecule has 0 aliphatic carbocycles. The first-order valence-electron chi connectivity index (χ1n) is 15.6. The lowest BCUT2D eigenvalue weighted by atomic mass is 9.91. The summed E-state index contributed by atoms with van der Waals surface area (Å²) in [6.07, 6.45) is 5.19. The third-order valence-corrected chi connectivity index (χ3v) is 8.97.